The second-order valence-electron chi connectivity index (χ2n) is 17.7. The van der Waals surface area contributed by atoms with Crippen LogP contribution in [0.4, 0.5) is 0 Å². The number of aromatic hydroxyl groups is 1. The Labute approximate surface area is 416 Å². The van der Waals surface area contributed by atoms with Crippen molar-refractivity contribution in [2.45, 2.75) is 141 Å². The minimum Gasteiger partial charge on any atom is -0.508 e. The lowest BCUT2D eigenvalue weighted by atomic mass is 10.0. The summed E-state index contributed by atoms with van der Waals surface area (Å²) in [5.74, 6) is -11.5. The van der Waals surface area contributed by atoms with E-state index in [2.05, 4.69) is 47.2 Å². The number of aliphatic imine (C=N–C) groups is 2. The summed E-state index contributed by atoms with van der Waals surface area (Å²) in [6.07, 6.45) is -1.52. The molecule has 0 fully saturated rings. The van der Waals surface area contributed by atoms with E-state index in [0.717, 1.165) is 0 Å². The number of nitrogens with zero attached hydrogens (tertiary/aromatic N) is 2. The van der Waals surface area contributed by atoms with Gasteiger partial charge in [0.2, 0.25) is 47.3 Å². The monoisotopic (exact) mass is 1020 g/mol. The fourth-order valence-corrected chi connectivity index (χ4v) is 6.68. The summed E-state index contributed by atoms with van der Waals surface area (Å²) >= 11 is 0. The van der Waals surface area contributed by atoms with Crippen molar-refractivity contribution < 1.29 is 63.3 Å². The molecule has 8 atom stereocenters. The van der Waals surface area contributed by atoms with Gasteiger partial charge in [0.1, 0.15) is 48.0 Å². The molecular weight excluding hydrogens is 947 g/mol. The molecule has 28 heteroatoms. The molecule has 0 bridgehead atoms. The summed E-state index contributed by atoms with van der Waals surface area (Å²) in [5.41, 5.74) is 33.3. The molecule has 0 spiro atoms. The van der Waals surface area contributed by atoms with Gasteiger partial charge in [-0.1, -0.05) is 39.8 Å². The highest BCUT2D eigenvalue weighted by molar-refractivity contribution is 5.98. The molecule has 0 aliphatic carbocycles. The van der Waals surface area contributed by atoms with Gasteiger partial charge < -0.3 is 86.9 Å². The van der Waals surface area contributed by atoms with E-state index < -0.39 is 120 Å². The van der Waals surface area contributed by atoms with Crippen molar-refractivity contribution >= 4 is 71.1 Å². The van der Waals surface area contributed by atoms with Gasteiger partial charge in [0.25, 0.3) is 0 Å². The molecule has 8 amide bonds. The lowest BCUT2D eigenvalue weighted by Gasteiger charge is -2.28. The Morgan fingerprint density at radius 2 is 1.01 bits per heavy atom. The molecule has 0 aliphatic rings. The molecule has 1 rings (SSSR count). The Morgan fingerprint density at radius 3 is 1.49 bits per heavy atom. The summed E-state index contributed by atoms with van der Waals surface area (Å²) in [6, 6.07) is -5.94. The molecule has 1 aromatic carbocycles. The third-order valence-electron chi connectivity index (χ3n) is 10.5. The SMILES string of the molecule is CC(C)C[C@H](NC(=O)[C@H](C)NC(=O)[C@H](CCCN=C(N)N)NC(=O)[C@H](CCCN=C(N)N)NC(=O)[C@@H](NC(=O)[C@@H](N)CCC(N)=O)C(C)C)C(=O)N[C@@H](CC(=O)O)C(=O)N[C@@H](Cc1ccc(O)cc1)C(=O)O. The number of aliphatic carboxylic acids is 2. The number of hydrogen-bond donors (Lipinski definition) is 16. The lowest BCUT2D eigenvalue weighted by Crippen LogP contribution is -2.60. The Kier molecular flexibility index (Phi) is 27.2. The predicted molar refractivity (Wildman–Crippen MR) is 261 cm³/mol. The zero-order valence-electron chi connectivity index (χ0n) is 41.1. The number of guanidine groups is 2. The number of primary amides is 1. The lowest BCUT2D eigenvalue weighted by molar-refractivity contribution is -0.143. The average Bonchev–Trinajstić information content (AvgIpc) is 3.28. The van der Waals surface area contributed by atoms with Gasteiger partial charge in [-0.2, -0.15) is 0 Å². The first-order valence-electron chi connectivity index (χ1n) is 23.1. The van der Waals surface area contributed by atoms with Crippen molar-refractivity contribution in [3.8, 4) is 5.75 Å². The normalized spacial score (nSPS) is 14.3. The first kappa shape index (κ1) is 62.2. The van der Waals surface area contributed by atoms with Crippen LogP contribution in [-0.4, -0.2) is 148 Å². The highest BCUT2D eigenvalue weighted by Gasteiger charge is 2.35. The number of carbonyl (C=O) groups excluding carboxylic acids is 8. The number of benzene rings is 1. The van der Waals surface area contributed by atoms with Crippen LogP contribution < -0.4 is 71.6 Å². The molecule has 0 aliphatic heterocycles. The zero-order chi connectivity index (χ0) is 54.8. The van der Waals surface area contributed by atoms with Gasteiger partial charge in [-0.3, -0.25) is 53.1 Å². The number of nitrogens with one attached hydrogen (secondary N) is 7. The number of phenols is 1. The maximum atomic E-state index is 14.0. The summed E-state index contributed by atoms with van der Waals surface area (Å²) in [5, 5.41) is 46.2. The zero-order valence-corrected chi connectivity index (χ0v) is 41.1. The fourth-order valence-electron chi connectivity index (χ4n) is 6.68. The molecule has 402 valence electrons. The molecule has 1 aromatic rings. The van der Waals surface area contributed by atoms with Gasteiger partial charge in [-0.25, -0.2) is 4.79 Å². The highest BCUT2D eigenvalue weighted by atomic mass is 16.4. The number of carboxylic acids is 2. The Balaban J connectivity index is 3.38. The van der Waals surface area contributed by atoms with Crippen molar-refractivity contribution in [3.05, 3.63) is 29.8 Å². The summed E-state index contributed by atoms with van der Waals surface area (Å²) in [7, 11) is 0. The highest BCUT2D eigenvalue weighted by Crippen LogP contribution is 2.13. The van der Waals surface area contributed by atoms with Crippen LogP contribution in [0, 0.1) is 11.8 Å². The third kappa shape index (κ3) is 24.7. The first-order valence-corrected chi connectivity index (χ1v) is 23.1. The number of carboxylic acid groups (broad SMARTS) is 2. The maximum absolute atomic E-state index is 14.0. The molecular formula is C44H73N15O13. The van der Waals surface area contributed by atoms with Crippen LogP contribution in [0.25, 0.3) is 0 Å². The second kappa shape index (κ2) is 31.4. The van der Waals surface area contributed by atoms with E-state index in [0.29, 0.717) is 5.56 Å². The Morgan fingerprint density at radius 1 is 0.556 bits per heavy atom. The molecule has 28 nitrogen and oxygen atoms in total. The molecule has 72 heavy (non-hydrogen) atoms. The molecule has 0 unspecified atom stereocenters. The van der Waals surface area contributed by atoms with Crippen LogP contribution in [0.2, 0.25) is 0 Å². The van der Waals surface area contributed by atoms with Crippen LogP contribution in [0.5, 0.6) is 5.75 Å². The second-order valence-corrected chi connectivity index (χ2v) is 17.7. The number of hydrogen-bond acceptors (Lipinski definition) is 14. The molecule has 0 aromatic heterocycles. The van der Waals surface area contributed by atoms with Gasteiger partial charge in [-0.15, -0.1) is 0 Å². The Bertz CT molecular complexity index is 2100. The number of carbonyl (C=O) groups is 10. The van der Waals surface area contributed by atoms with E-state index in [4.69, 9.17) is 34.4 Å². The molecule has 22 N–H and O–H groups in total. The standard InChI is InChI=1S/C44H73N15O13/c1-21(2)18-29(39(68)57-30(20-33(62)63)40(69)58-31(42(71)72)19-24-10-12-25(60)13-11-24)56-35(64)23(5)53-37(66)27(8-6-16-51-43(47)48)54-38(67)28(9-7-17-52-44(49)50)55-41(70)34(22(3)4)59-36(65)26(45)14-15-32(46)61/h10-13,21-23,26-31,34,60H,6-9,14-20,45H2,1-5H3,(H2,46,61)(H,53,66)(H,54,67)(H,55,70)(H,56,64)(H,57,68)(H,58,69)(H,59,65)(H,62,63)(H,71,72)(H4,47,48,51)(H4,49,50,52)/t23-,26-,27-,28-,29-,30-,31-,34-/m0/s1. The van der Waals surface area contributed by atoms with E-state index in [-0.39, 0.29) is 88.0 Å². The molecule has 0 radical (unpaired) electrons. The minimum absolute atomic E-state index is 0.0102. The van der Waals surface area contributed by atoms with Crippen molar-refractivity contribution in [1.82, 2.24) is 37.2 Å². The Hall–Kier alpha value is -7.78. The first-order chi connectivity index (χ1) is 33.6. The van der Waals surface area contributed by atoms with Crippen molar-refractivity contribution in [2.75, 3.05) is 13.1 Å². The van der Waals surface area contributed by atoms with Gasteiger partial charge in [0.15, 0.2) is 11.9 Å². The summed E-state index contributed by atoms with van der Waals surface area (Å²) in [4.78, 5) is 138. The fraction of sp³-hybridized carbons (Fsp3) is 0.591. The maximum Gasteiger partial charge on any atom is 0.326 e. The van der Waals surface area contributed by atoms with Gasteiger partial charge in [-0.05, 0) is 75.0 Å². The van der Waals surface area contributed by atoms with Gasteiger partial charge >= 0.3 is 11.9 Å². The van der Waals surface area contributed by atoms with E-state index in [1.165, 1.54) is 31.2 Å². The van der Waals surface area contributed by atoms with E-state index >= 15 is 0 Å². The van der Waals surface area contributed by atoms with Crippen molar-refractivity contribution in [2.24, 2.45) is 56.2 Å². The molecule has 0 saturated carbocycles. The van der Waals surface area contributed by atoms with E-state index in [9.17, 15) is 63.3 Å². The van der Waals surface area contributed by atoms with Crippen molar-refractivity contribution in [3.63, 3.8) is 0 Å². The third-order valence-corrected chi connectivity index (χ3v) is 10.5. The topological polar surface area (TPSA) is 496 Å². The summed E-state index contributed by atoms with van der Waals surface area (Å²) in [6.45, 7) is 7.96. The smallest absolute Gasteiger partial charge is 0.326 e. The van der Waals surface area contributed by atoms with Crippen LogP contribution >= 0.6 is 0 Å². The van der Waals surface area contributed by atoms with Crippen LogP contribution in [0.15, 0.2) is 34.3 Å². The largest absolute Gasteiger partial charge is 0.508 e. The van der Waals surface area contributed by atoms with Crippen molar-refractivity contribution in [1.29, 1.82) is 0 Å². The summed E-state index contributed by atoms with van der Waals surface area (Å²) < 4.78 is 0. The number of phenolic OH excluding ortho intramolecular Hbond substituents is 1. The van der Waals surface area contributed by atoms with Crippen LogP contribution in [0.3, 0.4) is 0 Å². The number of rotatable bonds is 33. The van der Waals surface area contributed by atoms with Crippen LogP contribution in [0.1, 0.15) is 91.5 Å². The quantitative estimate of drug-likeness (QED) is 0.0179. The van der Waals surface area contributed by atoms with Gasteiger partial charge in [0.05, 0.1) is 12.5 Å². The van der Waals surface area contributed by atoms with Gasteiger partial charge in [0, 0.05) is 25.9 Å². The van der Waals surface area contributed by atoms with E-state index in [1.54, 1.807) is 27.7 Å². The number of nitrogens with two attached hydrogens (primary N) is 6. The molecule has 0 saturated heterocycles. The minimum atomic E-state index is -1.81. The van der Waals surface area contributed by atoms with E-state index in [1.807, 2.05) is 0 Å². The number of amides is 8. The average molecular weight is 1020 g/mol. The molecule has 0 heterocycles. The van der Waals surface area contributed by atoms with Crippen LogP contribution in [-0.2, 0) is 54.4 Å². The predicted octanol–water partition coefficient (Wildman–Crippen LogP) is -4.69.